The van der Waals surface area contributed by atoms with Gasteiger partial charge in [0.2, 0.25) is 0 Å². The molecule has 0 atom stereocenters. The largest absolute Gasteiger partial charge is 0.396 e. The van der Waals surface area contributed by atoms with Gasteiger partial charge in [0.15, 0.2) is 0 Å². The van der Waals surface area contributed by atoms with Crippen molar-refractivity contribution in [2.24, 2.45) is 5.41 Å². The first-order valence-electron chi connectivity index (χ1n) is 4.62. The maximum Gasteiger partial charge on any atom is 0.0436 e. The highest BCUT2D eigenvalue weighted by atomic mass is 16.3. The average molecular weight is 169 g/mol. The van der Waals surface area contributed by atoms with Crippen molar-refractivity contribution in [1.29, 1.82) is 0 Å². The Bertz CT molecular complexity index is 155. The van der Waals surface area contributed by atoms with Gasteiger partial charge in [0.25, 0.3) is 0 Å². The summed E-state index contributed by atoms with van der Waals surface area (Å²) < 4.78 is 0. The Morgan fingerprint density at radius 2 is 1.92 bits per heavy atom. The van der Waals surface area contributed by atoms with E-state index < -0.39 is 0 Å². The molecule has 0 unspecified atom stereocenters. The molecule has 12 heavy (non-hydrogen) atoms. The minimum atomic E-state index is 0.251. The highest BCUT2D eigenvalue weighted by Gasteiger charge is 2.21. The minimum Gasteiger partial charge on any atom is -0.396 e. The van der Waals surface area contributed by atoms with Gasteiger partial charge in [0.1, 0.15) is 0 Å². The van der Waals surface area contributed by atoms with E-state index in [9.17, 15) is 0 Å². The molecule has 0 bridgehead atoms. The zero-order chi connectivity index (χ0) is 9.03. The Morgan fingerprint density at radius 3 is 2.42 bits per heavy atom. The molecule has 0 amide bonds. The van der Waals surface area contributed by atoms with Crippen molar-refractivity contribution >= 4 is 0 Å². The molecule has 0 fully saturated rings. The summed E-state index contributed by atoms with van der Waals surface area (Å²) in [6, 6.07) is 0. The van der Waals surface area contributed by atoms with Crippen LogP contribution in [0.25, 0.3) is 0 Å². The number of nitrogens with zero attached hydrogens (tertiary/aromatic N) is 1. The molecule has 1 aliphatic rings. The molecule has 0 aromatic rings. The smallest absolute Gasteiger partial charge is 0.0436 e. The lowest BCUT2D eigenvalue weighted by atomic mass is 9.89. The minimum absolute atomic E-state index is 0.251. The molecular formula is C10H19NO. The third-order valence-corrected chi connectivity index (χ3v) is 2.33. The fourth-order valence-corrected chi connectivity index (χ4v) is 1.64. The van der Waals surface area contributed by atoms with Gasteiger partial charge in [-0.15, -0.1) is 0 Å². The van der Waals surface area contributed by atoms with Gasteiger partial charge in [0, 0.05) is 26.2 Å². The average Bonchev–Trinajstić information content (AvgIpc) is 2.38. The maximum atomic E-state index is 8.84. The van der Waals surface area contributed by atoms with Gasteiger partial charge in [0.05, 0.1) is 0 Å². The molecule has 0 saturated heterocycles. The predicted octanol–water partition coefficient (Wildman–Crippen LogP) is 1.27. The van der Waals surface area contributed by atoms with Crippen LogP contribution in [-0.2, 0) is 0 Å². The van der Waals surface area contributed by atoms with E-state index in [2.05, 4.69) is 30.9 Å². The van der Waals surface area contributed by atoms with Crippen LogP contribution in [0.3, 0.4) is 0 Å². The van der Waals surface area contributed by atoms with Crippen molar-refractivity contribution in [2.75, 3.05) is 26.2 Å². The van der Waals surface area contributed by atoms with E-state index in [4.69, 9.17) is 5.11 Å². The molecule has 1 aliphatic heterocycles. The van der Waals surface area contributed by atoms with E-state index in [-0.39, 0.29) is 5.41 Å². The van der Waals surface area contributed by atoms with Gasteiger partial charge in [-0.3, -0.25) is 4.90 Å². The van der Waals surface area contributed by atoms with Crippen LogP contribution in [0.5, 0.6) is 0 Å². The second-order valence-electron chi connectivity index (χ2n) is 4.30. The Morgan fingerprint density at radius 1 is 1.33 bits per heavy atom. The van der Waals surface area contributed by atoms with Crippen molar-refractivity contribution < 1.29 is 5.11 Å². The van der Waals surface area contributed by atoms with Gasteiger partial charge in [-0.1, -0.05) is 26.0 Å². The van der Waals surface area contributed by atoms with Gasteiger partial charge in [-0.05, 0) is 11.8 Å². The lowest BCUT2D eigenvalue weighted by molar-refractivity contribution is 0.160. The van der Waals surface area contributed by atoms with E-state index in [1.807, 2.05) is 0 Å². The zero-order valence-electron chi connectivity index (χ0n) is 8.08. The Labute approximate surface area is 74.9 Å². The second-order valence-corrected chi connectivity index (χ2v) is 4.30. The van der Waals surface area contributed by atoms with Crippen LogP contribution in [0.4, 0.5) is 0 Å². The fraction of sp³-hybridized carbons (Fsp3) is 0.800. The van der Waals surface area contributed by atoms with Crippen LogP contribution >= 0.6 is 0 Å². The number of rotatable bonds is 4. The number of aliphatic hydroxyl groups excluding tert-OH is 1. The van der Waals surface area contributed by atoms with Gasteiger partial charge >= 0.3 is 0 Å². The van der Waals surface area contributed by atoms with E-state index in [1.54, 1.807) is 0 Å². The van der Waals surface area contributed by atoms with Crippen LogP contribution in [-0.4, -0.2) is 36.2 Å². The molecule has 2 nitrogen and oxygen atoms in total. The molecule has 0 aromatic carbocycles. The summed E-state index contributed by atoms with van der Waals surface area (Å²) in [7, 11) is 0. The summed E-state index contributed by atoms with van der Waals surface area (Å²) in [4.78, 5) is 2.40. The Balaban J connectivity index is 2.28. The van der Waals surface area contributed by atoms with Crippen LogP contribution in [0.2, 0.25) is 0 Å². The molecule has 0 aliphatic carbocycles. The van der Waals surface area contributed by atoms with Crippen molar-refractivity contribution in [1.82, 2.24) is 4.90 Å². The molecule has 1 N–H and O–H groups in total. The molecular weight excluding hydrogens is 150 g/mol. The third kappa shape index (κ3) is 2.95. The first-order valence-corrected chi connectivity index (χ1v) is 4.62. The van der Waals surface area contributed by atoms with Crippen molar-refractivity contribution in [3.63, 3.8) is 0 Å². The van der Waals surface area contributed by atoms with Gasteiger partial charge in [-0.25, -0.2) is 0 Å². The van der Waals surface area contributed by atoms with E-state index in [1.165, 1.54) is 0 Å². The van der Waals surface area contributed by atoms with Crippen LogP contribution in [0, 0.1) is 5.41 Å². The Kier molecular flexibility index (Phi) is 3.29. The van der Waals surface area contributed by atoms with E-state index in [0.29, 0.717) is 6.61 Å². The van der Waals surface area contributed by atoms with E-state index in [0.717, 1.165) is 26.1 Å². The molecule has 70 valence electrons. The molecule has 0 aromatic heterocycles. The molecule has 0 saturated carbocycles. The first kappa shape index (κ1) is 9.75. The van der Waals surface area contributed by atoms with Crippen molar-refractivity contribution in [3.05, 3.63) is 12.2 Å². The highest BCUT2D eigenvalue weighted by Crippen LogP contribution is 2.21. The van der Waals surface area contributed by atoms with Crippen LogP contribution in [0.15, 0.2) is 12.2 Å². The van der Waals surface area contributed by atoms with Crippen LogP contribution < -0.4 is 0 Å². The fourth-order valence-electron chi connectivity index (χ4n) is 1.64. The highest BCUT2D eigenvalue weighted by molar-refractivity contribution is 4.96. The summed E-state index contributed by atoms with van der Waals surface area (Å²) in [5.74, 6) is 0. The zero-order valence-corrected chi connectivity index (χ0v) is 8.08. The number of hydrogen-bond acceptors (Lipinski definition) is 2. The summed E-state index contributed by atoms with van der Waals surface area (Å²) >= 11 is 0. The van der Waals surface area contributed by atoms with E-state index >= 15 is 0 Å². The van der Waals surface area contributed by atoms with Crippen molar-refractivity contribution in [3.8, 4) is 0 Å². The molecule has 2 heteroatoms. The standard InChI is InChI=1S/C10H19NO/c1-10(2,5-8-12)9-11-6-3-4-7-11/h3-4,12H,5-9H2,1-2H3. The van der Waals surface area contributed by atoms with Crippen molar-refractivity contribution in [2.45, 2.75) is 20.3 Å². The SMILES string of the molecule is CC(C)(CCO)CN1CC=CC1. The Hall–Kier alpha value is -0.340. The normalized spacial score (nSPS) is 18.9. The number of aliphatic hydroxyl groups is 1. The monoisotopic (exact) mass is 169 g/mol. The maximum absolute atomic E-state index is 8.84. The summed E-state index contributed by atoms with van der Waals surface area (Å²) in [5, 5.41) is 8.84. The quantitative estimate of drug-likeness (QED) is 0.641. The molecule has 1 rings (SSSR count). The molecule has 0 spiro atoms. The molecule has 0 radical (unpaired) electrons. The van der Waals surface area contributed by atoms with Crippen LogP contribution in [0.1, 0.15) is 20.3 Å². The summed E-state index contributed by atoms with van der Waals surface area (Å²) in [6.07, 6.45) is 5.30. The number of hydrogen-bond donors (Lipinski definition) is 1. The summed E-state index contributed by atoms with van der Waals surface area (Å²) in [6.45, 7) is 7.96. The summed E-state index contributed by atoms with van der Waals surface area (Å²) in [5.41, 5.74) is 0.251. The third-order valence-electron chi connectivity index (χ3n) is 2.33. The first-order chi connectivity index (χ1) is 5.64. The molecule has 1 heterocycles. The topological polar surface area (TPSA) is 23.5 Å². The van der Waals surface area contributed by atoms with Gasteiger partial charge in [-0.2, -0.15) is 0 Å². The lowest BCUT2D eigenvalue weighted by Crippen LogP contribution is -2.33. The second kappa shape index (κ2) is 4.06. The predicted molar refractivity (Wildman–Crippen MR) is 51.1 cm³/mol. The lowest BCUT2D eigenvalue weighted by Gasteiger charge is -2.29. The van der Waals surface area contributed by atoms with Gasteiger partial charge < -0.3 is 5.11 Å².